The third-order valence-electron chi connectivity index (χ3n) is 7.49. The van der Waals surface area contributed by atoms with E-state index >= 15 is 0 Å². The molecule has 2 aliphatic rings. The zero-order valence-corrected chi connectivity index (χ0v) is 22.3. The van der Waals surface area contributed by atoms with Gasteiger partial charge in [0.1, 0.15) is 18.1 Å². The molecule has 0 radical (unpaired) electrons. The van der Waals surface area contributed by atoms with E-state index in [9.17, 15) is 9.59 Å². The van der Waals surface area contributed by atoms with Crippen molar-refractivity contribution in [3.05, 3.63) is 118 Å². The SMILES string of the molecule is Cc1ccc(C2c3cc(OCc4ccc(C(=O)Nc5cccc(C)c5)o4)ccc3CCN2C(=O)C2CC2)cc1. The molecule has 1 atom stereocenters. The van der Waals surface area contributed by atoms with Gasteiger partial charge in [-0.3, -0.25) is 9.59 Å². The lowest BCUT2D eigenvalue weighted by Crippen LogP contribution is -2.41. The predicted octanol–water partition coefficient (Wildman–Crippen LogP) is 6.61. The van der Waals surface area contributed by atoms with Crippen LogP contribution in [-0.4, -0.2) is 23.3 Å². The average Bonchev–Trinajstić information content (AvgIpc) is 3.68. The highest BCUT2D eigenvalue weighted by atomic mass is 16.5. The van der Waals surface area contributed by atoms with E-state index < -0.39 is 0 Å². The fourth-order valence-corrected chi connectivity index (χ4v) is 5.24. The maximum Gasteiger partial charge on any atom is 0.291 e. The van der Waals surface area contributed by atoms with Gasteiger partial charge in [-0.1, -0.05) is 48.0 Å². The van der Waals surface area contributed by atoms with Crippen molar-refractivity contribution in [2.24, 2.45) is 5.92 Å². The Bertz CT molecular complexity index is 1520. The van der Waals surface area contributed by atoms with Crippen LogP contribution in [0.2, 0.25) is 0 Å². The first-order chi connectivity index (χ1) is 18.9. The number of anilines is 1. The number of amides is 2. The molecule has 1 aromatic heterocycles. The summed E-state index contributed by atoms with van der Waals surface area (Å²) in [5.74, 6) is 1.60. The summed E-state index contributed by atoms with van der Waals surface area (Å²) >= 11 is 0. The zero-order valence-electron chi connectivity index (χ0n) is 22.3. The summed E-state index contributed by atoms with van der Waals surface area (Å²) in [4.78, 5) is 27.9. The monoisotopic (exact) mass is 520 g/mol. The lowest BCUT2D eigenvalue weighted by Gasteiger charge is -2.38. The van der Waals surface area contributed by atoms with E-state index in [-0.39, 0.29) is 36.1 Å². The Morgan fingerprint density at radius 3 is 2.54 bits per heavy atom. The number of benzene rings is 3. The molecule has 4 aromatic rings. The Hall–Kier alpha value is -4.32. The highest BCUT2D eigenvalue weighted by molar-refractivity contribution is 6.02. The molecule has 0 saturated heterocycles. The summed E-state index contributed by atoms with van der Waals surface area (Å²) in [6.45, 7) is 4.96. The molecule has 39 heavy (non-hydrogen) atoms. The number of furan rings is 1. The molecule has 1 N–H and O–H groups in total. The minimum absolute atomic E-state index is 0.133. The van der Waals surface area contributed by atoms with Crippen LogP contribution in [0.1, 0.15) is 63.0 Å². The molecular formula is C33H32N2O4. The first-order valence-electron chi connectivity index (χ1n) is 13.5. The van der Waals surface area contributed by atoms with Crippen LogP contribution in [0.15, 0.2) is 83.3 Å². The van der Waals surface area contributed by atoms with E-state index in [0.717, 1.165) is 48.2 Å². The fraction of sp³-hybridized carbons (Fsp3) is 0.273. The van der Waals surface area contributed by atoms with Crippen molar-refractivity contribution in [3.8, 4) is 5.75 Å². The summed E-state index contributed by atoms with van der Waals surface area (Å²) < 4.78 is 11.9. The summed E-state index contributed by atoms with van der Waals surface area (Å²) in [6, 6.07) is 25.5. The van der Waals surface area contributed by atoms with Crippen LogP contribution in [-0.2, 0) is 17.8 Å². The quantitative estimate of drug-likeness (QED) is 0.298. The Morgan fingerprint density at radius 2 is 1.77 bits per heavy atom. The number of hydrogen-bond acceptors (Lipinski definition) is 4. The molecule has 1 unspecified atom stereocenters. The van der Waals surface area contributed by atoms with Gasteiger partial charge in [0, 0.05) is 18.2 Å². The standard InChI is InChI=1S/C33H32N2O4/c1-21-6-8-24(9-7-21)31-29-19-27(13-12-23(29)16-17-35(31)33(37)25-10-11-25)38-20-28-14-15-30(39-28)32(36)34-26-5-3-4-22(2)18-26/h3-9,12-15,18-19,25,31H,10-11,16-17,20H2,1-2H3,(H,34,36). The summed E-state index contributed by atoms with van der Waals surface area (Å²) in [5, 5.41) is 2.86. The van der Waals surface area contributed by atoms with Gasteiger partial charge in [-0.2, -0.15) is 0 Å². The topological polar surface area (TPSA) is 71.8 Å². The molecule has 198 valence electrons. The van der Waals surface area contributed by atoms with Gasteiger partial charge in [-0.25, -0.2) is 0 Å². The molecule has 1 aliphatic carbocycles. The van der Waals surface area contributed by atoms with Crippen LogP contribution in [0.4, 0.5) is 5.69 Å². The van der Waals surface area contributed by atoms with E-state index in [0.29, 0.717) is 11.5 Å². The third kappa shape index (κ3) is 5.46. The summed E-state index contributed by atoms with van der Waals surface area (Å²) in [7, 11) is 0. The van der Waals surface area contributed by atoms with E-state index in [1.54, 1.807) is 12.1 Å². The van der Waals surface area contributed by atoms with Crippen molar-refractivity contribution in [2.45, 2.75) is 45.8 Å². The Morgan fingerprint density at radius 1 is 0.949 bits per heavy atom. The maximum absolute atomic E-state index is 13.3. The first kappa shape index (κ1) is 25.0. The van der Waals surface area contributed by atoms with Crippen LogP contribution in [0.3, 0.4) is 0 Å². The van der Waals surface area contributed by atoms with Crippen molar-refractivity contribution < 1.29 is 18.7 Å². The normalized spacial score (nSPS) is 16.5. The number of nitrogens with one attached hydrogen (secondary N) is 1. The minimum Gasteiger partial charge on any atom is -0.486 e. The van der Waals surface area contributed by atoms with Gasteiger partial charge in [0.15, 0.2) is 5.76 Å². The molecule has 6 heteroatoms. The molecule has 1 saturated carbocycles. The second-order valence-electron chi connectivity index (χ2n) is 10.6. The highest BCUT2D eigenvalue weighted by Gasteiger charge is 2.39. The third-order valence-corrected chi connectivity index (χ3v) is 7.49. The fourth-order valence-electron chi connectivity index (χ4n) is 5.24. The van der Waals surface area contributed by atoms with Crippen LogP contribution >= 0.6 is 0 Å². The largest absolute Gasteiger partial charge is 0.486 e. The average molecular weight is 521 g/mol. The van der Waals surface area contributed by atoms with Crippen molar-refractivity contribution >= 4 is 17.5 Å². The molecule has 6 nitrogen and oxygen atoms in total. The first-order valence-corrected chi connectivity index (χ1v) is 13.5. The zero-order chi connectivity index (χ0) is 26.9. The van der Waals surface area contributed by atoms with E-state index in [1.807, 2.05) is 37.3 Å². The van der Waals surface area contributed by atoms with Gasteiger partial charge in [0.25, 0.3) is 5.91 Å². The number of fused-ring (bicyclic) bond motifs is 1. The minimum atomic E-state index is -0.304. The van der Waals surface area contributed by atoms with Crippen molar-refractivity contribution in [1.29, 1.82) is 0 Å². The smallest absolute Gasteiger partial charge is 0.291 e. The molecule has 2 heterocycles. The van der Waals surface area contributed by atoms with Crippen molar-refractivity contribution in [2.75, 3.05) is 11.9 Å². The van der Waals surface area contributed by atoms with E-state index in [1.165, 1.54) is 11.1 Å². The van der Waals surface area contributed by atoms with Crippen LogP contribution < -0.4 is 10.1 Å². The van der Waals surface area contributed by atoms with Crippen molar-refractivity contribution in [3.63, 3.8) is 0 Å². The van der Waals surface area contributed by atoms with Crippen molar-refractivity contribution in [1.82, 2.24) is 4.90 Å². The van der Waals surface area contributed by atoms with Crippen LogP contribution in [0.5, 0.6) is 5.75 Å². The second-order valence-corrected chi connectivity index (χ2v) is 10.6. The molecular weight excluding hydrogens is 488 g/mol. The van der Waals surface area contributed by atoms with Gasteiger partial charge in [-0.15, -0.1) is 0 Å². The highest BCUT2D eigenvalue weighted by Crippen LogP contribution is 2.41. The number of rotatable bonds is 7. The summed E-state index contributed by atoms with van der Waals surface area (Å²) in [5.41, 5.74) is 6.44. The van der Waals surface area contributed by atoms with E-state index in [4.69, 9.17) is 9.15 Å². The number of carbonyl (C=O) groups excluding carboxylic acids is 2. The molecule has 6 rings (SSSR count). The second kappa shape index (κ2) is 10.4. The number of carbonyl (C=O) groups is 2. The number of aryl methyl sites for hydroxylation is 2. The number of nitrogens with zero attached hydrogens (tertiary/aromatic N) is 1. The lowest BCUT2D eigenvalue weighted by atomic mass is 9.87. The molecule has 2 amide bonds. The molecule has 3 aromatic carbocycles. The summed E-state index contributed by atoms with van der Waals surface area (Å²) in [6.07, 6.45) is 2.80. The van der Waals surface area contributed by atoms with Gasteiger partial charge < -0.3 is 19.4 Å². The number of hydrogen-bond donors (Lipinski definition) is 1. The molecule has 1 aliphatic heterocycles. The lowest BCUT2D eigenvalue weighted by molar-refractivity contribution is -0.134. The Balaban J connectivity index is 1.19. The van der Waals surface area contributed by atoms with Gasteiger partial charge in [0.2, 0.25) is 5.91 Å². The maximum atomic E-state index is 13.3. The van der Waals surface area contributed by atoms with Gasteiger partial charge in [0.05, 0.1) is 6.04 Å². The van der Waals surface area contributed by atoms with E-state index in [2.05, 4.69) is 53.5 Å². The number of ether oxygens (including phenoxy) is 1. The molecule has 0 bridgehead atoms. The molecule has 1 fully saturated rings. The Kier molecular flexibility index (Phi) is 6.69. The van der Waals surface area contributed by atoms with Crippen LogP contribution in [0, 0.1) is 19.8 Å². The van der Waals surface area contributed by atoms with Crippen LogP contribution in [0.25, 0.3) is 0 Å². The van der Waals surface area contributed by atoms with Gasteiger partial charge in [-0.05, 0) is 91.8 Å². The molecule has 0 spiro atoms. The predicted molar refractivity (Wildman–Crippen MR) is 150 cm³/mol. The van der Waals surface area contributed by atoms with Gasteiger partial charge >= 0.3 is 0 Å². The Labute approximate surface area is 228 Å².